The average Bonchev–Trinajstić information content (AvgIpc) is 2.26. The maximum Gasteiger partial charge on any atom is 0.163 e. The predicted octanol–water partition coefficient (Wildman–Crippen LogP) is 2.75. The molecule has 15 heavy (non-hydrogen) atoms. The van der Waals surface area contributed by atoms with E-state index in [1.807, 2.05) is 19.9 Å². The Morgan fingerprint density at radius 3 is 2.80 bits per heavy atom. The molecule has 0 bridgehead atoms. The van der Waals surface area contributed by atoms with Crippen LogP contribution in [0.15, 0.2) is 29.0 Å². The summed E-state index contributed by atoms with van der Waals surface area (Å²) < 4.78 is 0. The Hall–Kier alpha value is -1.40. The van der Waals surface area contributed by atoms with Crippen LogP contribution in [0.25, 0.3) is 0 Å². The van der Waals surface area contributed by atoms with Gasteiger partial charge in [0.2, 0.25) is 0 Å². The van der Waals surface area contributed by atoms with E-state index in [-0.39, 0.29) is 5.78 Å². The lowest BCUT2D eigenvalue weighted by Crippen LogP contribution is -2.03. The molecular formula is C13H16O2. The molecular weight excluding hydrogens is 188 g/mol. The van der Waals surface area contributed by atoms with E-state index in [2.05, 4.69) is 5.73 Å². The largest absolute Gasteiger partial charge is 0.299 e. The number of allylic oxidation sites excluding steroid dienone is 3. The average molecular weight is 204 g/mol. The van der Waals surface area contributed by atoms with Crippen molar-refractivity contribution in [2.75, 3.05) is 0 Å². The van der Waals surface area contributed by atoms with Crippen molar-refractivity contribution in [2.24, 2.45) is 0 Å². The van der Waals surface area contributed by atoms with Gasteiger partial charge in [-0.05, 0) is 24.5 Å². The maximum atomic E-state index is 11.0. The molecule has 0 fully saturated rings. The molecule has 0 saturated carbocycles. The van der Waals surface area contributed by atoms with Gasteiger partial charge in [0.15, 0.2) is 5.78 Å². The molecule has 0 aromatic carbocycles. The minimum absolute atomic E-state index is 0.0850. The first-order chi connectivity index (χ1) is 7.13. The van der Waals surface area contributed by atoms with Crippen molar-refractivity contribution in [3.05, 3.63) is 29.0 Å². The van der Waals surface area contributed by atoms with Gasteiger partial charge in [0.05, 0.1) is 0 Å². The molecule has 2 heteroatoms. The monoisotopic (exact) mass is 204 g/mol. The second-order valence-electron chi connectivity index (χ2n) is 3.71. The summed E-state index contributed by atoms with van der Waals surface area (Å²) in [7, 11) is 0. The quantitative estimate of drug-likeness (QED) is 0.523. The second kappa shape index (κ2) is 5.47. The lowest BCUT2D eigenvalue weighted by atomic mass is 9.94. The van der Waals surface area contributed by atoms with Crippen LogP contribution < -0.4 is 0 Å². The number of Topliss-reactive ketones (excluding diaryl/α,β-unsaturated/α-hetero) is 1. The van der Waals surface area contributed by atoms with E-state index < -0.39 is 0 Å². The fourth-order valence-electron chi connectivity index (χ4n) is 1.44. The van der Waals surface area contributed by atoms with E-state index in [0.29, 0.717) is 25.0 Å². The number of hydrogen-bond donors (Lipinski definition) is 0. The van der Waals surface area contributed by atoms with Crippen LogP contribution in [0.3, 0.4) is 0 Å². The molecule has 1 aliphatic rings. The highest BCUT2D eigenvalue weighted by atomic mass is 16.1. The molecule has 2 nitrogen and oxygen atoms in total. The van der Waals surface area contributed by atoms with Crippen LogP contribution in [-0.2, 0) is 9.59 Å². The third-order valence-corrected chi connectivity index (χ3v) is 2.53. The van der Waals surface area contributed by atoms with E-state index >= 15 is 0 Å². The van der Waals surface area contributed by atoms with Gasteiger partial charge in [0.25, 0.3) is 0 Å². The number of ketones is 2. The van der Waals surface area contributed by atoms with Crippen molar-refractivity contribution in [1.82, 2.24) is 0 Å². The number of rotatable bonds is 3. The Morgan fingerprint density at radius 2 is 2.27 bits per heavy atom. The van der Waals surface area contributed by atoms with Gasteiger partial charge in [0.1, 0.15) is 5.78 Å². The Morgan fingerprint density at radius 1 is 1.53 bits per heavy atom. The molecule has 0 atom stereocenters. The second-order valence-corrected chi connectivity index (χ2v) is 3.71. The van der Waals surface area contributed by atoms with Crippen molar-refractivity contribution < 1.29 is 9.59 Å². The molecule has 80 valence electrons. The highest BCUT2D eigenvalue weighted by molar-refractivity contribution is 5.89. The van der Waals surface area contributed by atoms with E-state index in [4.69, 9.17) is 0 Å². The molecule has 0 aromatic rings. The number of carbonyl (C=O) groups is 2. The molecule has 0 radical (unpaired) electrons. The van der Waals surface area contributed by atoms with Gasteiger partial charge in [-0.15, -0.1) is 5.73 Å². The van der Waals surface area contributed by atoms with Crippen LogP contribution >= 0.6 is 0 Å². The SMILES string of the molecule is CCC(=O)C=C=C(C)C1=CCC(=O)CC1. The molecule has 0 N–H and O–H groups in total. The molecule has 0 aromatic heterocycles. The summed E-state index contributed by atoms with van der Waals surface area (Å²) in [6.07, 6.45) is 5.87. The minimum atomic E-state index is 0.0850. The molecule has 0 spiro atoms. The molecule has 1 rings (SSSR count). The maximum absolute atomic E-state index is 11.0. The van der Waals surface area contributed by atoms with Gasteiger partial charge in [-0.2, -0.15) is 0 Å². The van der Waals surface area contributed by atoms with E-state index in [1.165, 1.54) is 6.08 Å². The van der Waals surface area contributed by atoms with Crippen LogP contribution in [0.4, 0.5) is 0 Å². The van der Waals surface area contributed by atoms with E-state index in [1.54, 1.807) is 0 Å². The lowest BCUT2D eigenvalue weighted by Gasteiger charge is -2.10. The Labute approximate surface area is 90.4 Å². The van der Waals surface area contributed by atoms with E-state index in [0.717, 1.165) is 17.6 Å². The Kier molecular flexibility index (Phi) is 4.26. The standard InChI is InChI=1S/C13H16O2/c1-3-12(14)7-4-10(2)11-5-8-13(15)9-6-11/h5,7H,3,6,8-9H2,1-2H3. The number of carbonyl (C=O) groups excluding carboxylic acids is 2. The van der Waals surface area contributed by atoms with Crippen molar-refractivity contribution in [3.63, 3.8) is 0 Å². The summed E-state index contributed by atoms with van der Waals surface area (Å²) in [5, 5.41) is 0. The normalized spacial score (nSPS) is 15.3. The van der Waals surface area contributed by atoms with E-state index in [9.17, 15) is 9.59 Å². The van der Waals surface area contributed by atoms with Crippen molar-refractivity contribution >= 4 is 11.6 Å². The predicted molar refractivity (Wildman–Crippen MR) is 59.5 cm³/mol. The van der Waals surface area contributed by atoms with Crippen LogP contribution in [0.5, 0.6) is 0 Å². The molecule has 0 heterocycles. The fourth-order valence-corrected chi connectivity index (χ4v) is 1.44. The third kappa shape index (κ3) is 3.69. The van der Waals surface area contributed by atoms with Gasteiger partial charge in [0, 0.05) is 25.3 Å². The zero-order chi connectivity index (χ0) is 11.3. The minimum Gasteiger partial charge on any atom is -0.299 e. The third-order valence-electron chi connectivity index (χ3n) is 2.53. The summed E-state index contributed by atoms with van der Waals surface area (Å²) >= 11 is 0. The first-order valence-electron chi connectivity index (χ1n) is 5.30. The van der Waals surface area contributed by atoms with Gasteiger partial charge >= 0.3 is 0 Å². The zero-order valence-corrected chi connectivity index (χ0v) is 9.30. The summed E-state index contributed by atoms with van der Waals surface area (Å²) in [6.45, 7) is 3.76. The number of hydrogen-bond acceptors (Lipinski definition) is 2. The zero-order valence-electron chi connectivity index (χ0n) is 9.30. The Balaban J connectivity index is 2.76. The van der Waals surface area contributed by atoms with Gasteiger partial charge in [-0.25, -0.2) is 0 Å². The lowest BCUT2D eigenvalue weighted by molar-refractivity contribution is -0.118. The first kappa shape index (κ1) is 11.7. The van der Waals surface area contributed by atoms with Crippen molar-refractivity contribution in [3.8, 4) is 0 Å². The molecule has 0 saturated heterocycles. The highest BCUT2D eigenvalue weighted by Gasteiger charge is 2.10. The Bertz CT molecular complexity index is 366. The summed E-state index contributed by atoms with van der Waals surface area (Å²) in [6, 6.07) is 0. The molecule has 0 aliphatic heterocycles. The van der Waals surface area contributed by atoms with Crippen LogP contribution in [-0.4, -0.2) is 11.6 Å². The summed E-state index contributed by atoms with van der Waals surface area (Å²) in [5.74, 6) is 0.377. The fraction of sp³-hybridized carbons (Fsp3) is 0.462. The van der Waals surface area contributed by atoms with Crippen LogP contribution in [0, 0.1) is 0 Å². The van der Waals surface area contributed by atoms with Crippen molar-refractivity contribution in [2.45, 2.75) is 39.5 Å². The van der Waals surface area contributed by atoms with Crippen LogP contribution in [0.1, 0.15) is 39.5 Å². The summed E-state index contributed by atoms with van der Waals surface area (Å²) in [5.41, 5.74) is 5.10. The highest BCUT2D eigenvalue weighted by Crippen LogP contribution is 2.20. The smallest absolute Gasteiger partial charge is 0.163 e. The van der Waals surface area contributed by atoms with Crippen molar-refractivity contribution in [1.29, 1.82) is 0 Å². The van der Waals surface area contributed by atoms with Crippen LogP contribution in [0.2, 0.25) is 0 Å². The van der Waals surface area contributed by atoms with Gasteiger partial charge in [-0.1, -0.05) is 13.0 Å². The molecule has 0 unspecified atom stereocenters. The summed E-state index contributed by atoms with van der Waals surface area (Å²) in [4.78, 5) is 22.1. The van der Waals surface area contributed by atoms with Gasteiger partial charge < -0.3 is 0 Å². The topological polar surface area (TPSA) is 34.1 Å². The molecule has 1 aliphatic carbocycles. The van der Waals surface area contributed by atoms with Gasteiger partial charge in [-0.3, -0.25) is 9.59 Å². The first-order valence-corrected chi connectivity index (χ1v) is 5.30. The molecule has 0 amide bonds.